The summed E-state index contributed by atoms with van der Waals surface area (Å²) in [6, 6.07) is -0.114. The van der Waals surface area contributed by atoms with Crippen LogP contribution in [0.4, 0.5) is 0 Å². The van der Waals surface area contributed by atoms with Crippen LogP contribution in [0, 0.1) is 5.92 Å². The molecule has 1 rings (SSSR count). The molecule has 4 nitrogen and oxygen atoms in total. The van der Waals surface area contributed by atoms with Crippen molar-refractivity contribution in [3.63, 3.8) is 0 Å². The predicted octanol–water partition coefficient (Wildman–Crippen LogP) is 1.22. The second kappa shape index (κ2) is 6.33. The second-order valence-electron chi connectivity index (χ2n) is 4.62. The maximum Gasteiger partial charge on any atom is 0.156 e. The van der Waals surface area contributed by atoms with Crippen molar-refractivity contribution in [3.05, 3.63) is 0 Å². The zero-order valence-corrected chi connectivity index (χ0v) is 10.8. The van der Waals surface area contributed by atoms with Gasteiger partial charge < -0.3 is 4.74 Å². The molecule has 0 amide bonds. The molecule has 1 N–H and O–H groups in total. The minimum atomic E-state index is -0.114. The summed E-state index contributed by atoms with van der Waals surface area (Å²) < 4.78 is 5.77. The molecular weight excluding hydrogens is 204 g/mol. The largest absolute Gasteiger partial charge is 0.376 e. The molecule has 4 heteroatoms. The van der Waals surface area contributed by atoms with Gasteiger partial charge in [0, 0.05) is 19.1 Å². The average Bonchev–Trinajstić information content (AvgIpc) is 2.67. The Labute approximate surface area is 98.3 Å². The van der Waals surface area contributed by atoms with Crippen molar-refractivity contribution in [2.24, 2.45) is 5.92 Å². The van der Waals surface area contributed by atoms with Gasteiger partial charge in [-0.3, -0.25) is 10.2 Å². The number of Topliss-reactive ketones (excluding diaryl/α,β-unsaturated/α-hetero) is 1. The zero-order valence-electron chi connectivity index (χ0n) is 10.8. The fraction of sp³-hybridized carbons (Fsp3) is 0.917. The Kier molecular flexibility index (Phi) is 5.38. The van der Waals surface area contributed by atoms with Gasteiger partial charge in [-0.15, -0.1) is 0 Å². The van der Waals surface area contributed by atoms with E-state index in [1.165, 1.54) is 0 Å². The third kappa shape index (κ3) is 3.03. The van der Waals surface area contributed by atoms with Crippen molar-refractivity contribution in [1.82, 2.24) is 10.4 Å². The summed E-state index contributed by atoms with van der Waals surface area (Å²) >= 11 is 0. The van der Waals surface area contributed by atoms with Crippen molar-refractivity contribution < 1.29 is 9.53 Å². The van der Waals surface area contributed by atoms with Gasteiger partial charge in [0.05, 0.1) is 6.10 Å². The van der Waals surface area contributed by atoms with Crippen LogP contribution in [0.25, 0.3) is 0 Å². The molecule has 1 heterocycles. The lowest BCUT2D eigenvalue weighted by Crippen LogP contribution is -2.49. The minimum absolute atomic E-state index is 0.0577. The topological polar surface area (TPSA) is 41.6 Å². The van der Waals surface area contributed by atoms with Gasteiger partial charge >= 0.3 is 0 Å². The highest BCUT2D eigenvalue weighted by atomic mass is 16.5. The molecule has 0 aromatic carbocycles. The quantitative estimate of drug-likeness (QED) is 0.742. The molecule has 0 aliphatic carbocycles. The molecule has 0 aromatic rings. The number of hydrazine groups is 1. The highest BCUT2D eigenvalue weighted by molar-refractivity contribution is 5.86. The van der Waals surface area contributed by atoms with Crippen LogP contribution < -0.4 is 5.43 Å². The zero-order chi connectivity index (χ0) is 12.1. The monoisotopic (exact) mass is 228 g/mol. The Balaban J connectivity index is 2.66. The first-order chi connectivity index (χ1) is 7.61. The normalized spacial score (nSPS) is 26.6. The number of ketones is 1. The molecule has 1 saturated heterocycles. The van der Waals surface area contributed by atoms with Crippen molar-refractivity contribution in [2.75, 3.05) is 20.2 Å². The summed E-state index contributed by atoms with van der Waals surface area (Å²) in [5.74, 6) is 0.333. The van der Waals surface area contributed by atoms with Gasteiger partial charge in [-0.05, 0) is 19.9 Å². The summed E-state index contributed by atoms with van der Waals surface area (Å²) in [6.07, 6.45) is 1.99. The molecule has 1 fully saturated rings. The molecule has 16 heavy (non-hydrogen) atoms. The Morgan fingerprint density at radius 2 is 2.25 bits per heavy atom. The molecule has 0 spiro atoms. The second-order valence-corrected chi connectivity index (χ2v) is 4.62. The van der Waals surface area contributed by atoms with Crippen molar-refractivity contribution in [1.29, 1.82) is 0 Å². The standard InChI is InChI=1S/C12H24N2O2/c1-5-8-16-10-6-7-14(13-4)11(10)12(15)9(2)3/h9-11,13H,5-8H2,1-4H3/t10-,11-/m0/s1. The summed E-state index contributed by atoms with van der Waals surface area (Å²) in [4.78, 5) is 12.1. The number of ether oxygens (including phenoxy) is 1. The molecule has 0 saturated carbocycles. The van der Waals surface area contributed by atoms with E-state index in [9.17, 15) is 4.79 Å². The van der Waals surface area contributed by atoms with E-state index in [2.05, 4.69) is 12.3 Å². The van der Waals surface area contributed by atoms with Gasteiger partial charge in [0.1, 0.15) is 6.04 Å². The van der Waals surface area contributed by atoms with Crippen molar-refractivity contribution in [2.45, 2.75) is 45.8 Å². The SMILES string of the molecule is CCCO[C@H]1CCN(NC)[C@@H]1C(=O)C(C)C. The average molecular weight is 228 g/mol. The fourth-order valence-corrected chi connectivity index (χ4v) is 2.14. The lowest BCUT2D eigenvalue weighted by molar-refractivity contribution is -0.131. The summed E-state index contributed by atoms with van der Waals surface area (Å²) in [7, 11) is 1.86. The molecule has 0 unspecified atom stereocenters. The van der Waals surface area contributed by atoms with Crippen LogP contribution in [0.3, 0.4) is 0 Å². The van der Waals surface area contributed by atoms with E-state index in [0.29, 0.717) is 0 Å². The maximum atomic E-state index is 12.1. The molecule has 94 valence electrons. The maximum absolute atomic E-state index is 12.1. The van der Waals surface area contributed by atoms with Gasteiger partial charge in [0.25, 0.3) is 0 Å². The van der Waals surface area contributed by atoms with Gasteiger partial charge in [0.2, 0.25) is 0 Å². The van der Waals surface area contributed by atoms with E-state index in [1.54, 1.807) is 0 Å². The van der Waals surface area contributed by atoms with Crippen LogP contribution in [0.1, 0.15) is 33.6 Å². The third-order valence-electron chi connectivity index (χ3n) is 3.03. The summed E-state index contributed by atoms with van der Waals surface area (Å²) in [5.41, 5.74) is 3.09. The van der Waals surface area contributed by atoms with E-state index >= 15 is 0 Å². The number of rotatable bonds is 6. The first kappa shape index (κ1) is 13.6. The van der Waals surface area contributed by atoms with Crippen LogP contribution in [-0.4, -0.2) is 43.1 Å². The Morgan fingerprint density at radius 3 is 2.75 bits per heavy atom. The van der Waals surface area contributed by atoms with E-state index in [4.69, 9.17) is 4.74 Å². The van der Waals surface area contributed by atoms with E-state index in [-0.39, 0.29) is 23.8 Å². The number of hydrogen-bond acceptors (Lipinski definition) is 4. The van der Waals surface area contributed by atoms with Crippen molar-refractivity contribution in [3.8, 4) is 0 Å². The Hall–Kier alpha value is -0.450. The van der Waals surface area contributed by atoms with Crippen LogP contribution >= 0.6 is 0 Å². The van der Waals surface area contributed by atoms with Crippen LogP contribution in [0.5, 0.6) is 0 Å². The number of hydrogen-bond donors (Lipinski definition) is 1. The smallest absolute Gasteiger partial charge is 0.156 e. The number of nitrogens with zero attached hydrogens (tertiary/aromatic N) is 1. The molecule has 2 atom stereocenters. The number of carbonyl (C=O) groups is 1. The van der Waals surface area contributed by atoms with E-state index < -0.39 is 0 Å². The molecule has 1 aliphatic rings. The Bertz CT molecular complexity index is 231. The van der Waals surface area contributed by atoms with E-state index in [1.807, 2.05) is 25.9 Å². The summed E-state index contributed by atoms with van der Waals surface area (Å²) in [6.45, 7) is 7.61. The fourth-order valence-electron chi connectivity index (χ4n) is 2.14. The number of nitrogens with one attached hydrogen (secondary N) is 1. The van der Waals surface area contributed by atoms with Crippen LogP contribution in [-0.2, 0) is 9.53 Å². The van der Waals surface area contributed by atoms with Crippen molar-refractivity contribution >= 4 is 5.78 Å². The Morgan fingerprint density at radius 1 is 1.56 bits per heavy atom. The lowest BCUT2D eigenvalue weighted by Gasteiger charge is -2.27. The highest BCUT2D eigenvalue weighted by Crippen LogP contribution is 2.22. The van der Waals surface area contributed by atoms with Gasteiger partial charge in [0.15, 0.2) is 5.78 Å². The van der Waals surface area contributed by atoms with Crippen LogP contribution in [0.15, 0.2) is 0 Å². The summed E-state index contributed by atoms with van der Waals surface area (Å²) in [5, 5.41) is 2.00. The molecule has 1 aliphatic heterocycles. The minimum Gasteiger partial charge on any atom is -0.376 e. The van der Waals surface area contributed by atoms with E-state index in [0.717, 1.165) is 26.0 Å². The molecule has 0 bridgehead atoms. The third-order valence-corrected chi connectivity index (χ3v) is 3.03. The van der Waals surface area contributed by atoms with Gasteiger partial charge in [-0.25, -0.2) is 5.01 Å². The lowest BCUT2D eigenvalue weighted by atomic mass is 9.98. The van der Waals surface area contributed by atoms with Gasteiger partial charge in [-0.2, -0.15) is 0 Å². The first-order valence-electron chi connectivity index (χ1n) is 6.21. The predicted molar refractivity (Wildman–Crippen MR) is 64.0 cm³/mol. The first-order valence-corrected chi connectivity index (χ1v) is 6.21. The molecule has 0 radical (unpaired) electrons. The molecule has 0 aromatic heterocycles. The van der Waals surface area contributed by atoms with Crippen LogP contribution in [0.2, 0.25) is 0 Å². The van der Waals surface area contributed by atoms with Gasteiger partial charge in [-0.1, -0.05) is 20.8 Å². The molecular formula is C12H24N2O2. The number of carbonyl (C=O) groups excluding carboxylic acids is 1. The highest BCUT2D eigenvalue weighted by Gasteiger charge is 2.40.